The molecule has 1 aliphatic heterocycles. The first-order valence-electron chi connectivity index (χ1n) is 9.99. The molecule has 148 valence electrons. The molecule has 1 atom stereocenters. The molecule has 1 saturated heterocycles. The smallest absolute Gasteiger partial charge is 0.228 e. The van der Waals surface area contributed by atoms with E-state index in [0.29, 0.717) is 18.2 Å². The number of carbonyl (C=O) groups excluding carboxylic acids is 1. The van der Waals surface area contributed by atoms with Crippen molar-refractivity contribution in [1.82, 2.24) is 24.8 Å². The summed E-state index contributed by atoms with van der Waals surface area (Å²) in [5, 5.41) is 3.07. The molecule has 0 bridgehead atoms. The molecule has 1 fully saturated rings. The zero-order valence-corrected chi connectivity index (χ0v) is 16.2. The second-order valence-corrected chi connectivity index (χ2v) is 7.11. The van der Waals surface area contributed by atoms with E-state index in [-0.39, 0.29) is 11.9 Å². The molecule has 4 rings (SSSR count). The third-order valence-electron chi connectivity index (χ3n) is 5.12. The predicted molar refractivity (Wildman–Crippen MR) is 110 cm³/mol. The minimum Gasteiger partial charge on any atom is -0.334 e. The summed E-state index contributed by atoms with van der Waals surface area (Å²) in [5.74, 6) is 1.23. The van der Waals surface area contributed by atoms with Gasteiger partial charge >= 0.3 is 0 Å². The highest BCUT2D eigenvalue weighted by Crippen LogP contribution is 2.31. The Labute approximate surface area is 170 Å². The highest BCUT2D eigenvalue weighted by atomic mass is 16.2. The number of nitrogens with zero attached hydrogens (tertiary/aromatic N) is 5. The molecule has 2 aromatic heterocycles. The van der Waals surface area contributed by atoms with E-state index in [0.717, 1.165) is 37.9 Å². The SMILES string of the molecule is O=C(CCc1ccccc1)N1CCCCC1c1ccnc(Nc2cnccn2)n1. The molecule has 3 heterocycles. The lowest BCUT2D eigenvalue weighted by molar-refractivity contribution is -0.135. The Kier molecular flexibility index (Phi) is 6.04. The van der Waals surface area contributed by atoms with E-state index in [2.05, 4.69) is 37.4 Å². The van der Waals surface area contributed by atoms with E-state index in [9.17, 15) is 4.79 Å². The first kappa shape index (κ1) is 19.0. The second kappa shape index (κ2) is 9.23. The molecule has 1 amide bonds. The second-order valence-electron chi connectivity index (χ2n) is 7.11. The Morgan fingerprint density at radius 3 is 2.79 bits per heavy atom. The number of piperidine rings is 1. The lowest BCUT2D eigenvalue weighted by Gasteiger charge is -2.35. The van der Waals surface area contributed by atoms with Gasteiger partial charge in [0.1, 0.15) is 0 Å². The van der Waals surface area contributed by atoms with Crippen LogP contribution in [-0.2, 0) is 11.2 Å². The number of anilines is 2. The summed E-state index contributed by atoms with van der Waals surface area (Å²) in [5.41, 5.74) is 2.05. The van der Waals surface area contributed by atoms with E-state index < -0.39 is 0 Å². The topological polar surface area (TPSA) is 83.9 Å². The maximum absolute atomic E-state index is 13.0. The van der Waals surface area contributed by atoms with Crippen molar-refractivity contribution in [3.8, 4) is 0 Å². The summed E-state index contributed by atoms with van der Waals surface area (Å²) < 4.78 is 0. The first-order chi connectivity index (χ1) is 14.3. The first-order valence-corrected chi connectivity index (χ1v) is 9.99. The van der Waals surface area contributed by atoms with Crippen LogP contribution in [0.5, 0.6) is 0 Å². The molecule has 1 N–H and O–H groups in total. The average molecular weight is 388 g/mol. The lowest BCUT2D eigenvalue weighted by atomic mass is 9.98. The van der Waals surface area contributed by atoms with Gasteiger partial charge in [0, 0.05) is 31.6 Å². The fraction of sp³-hybridized carbons (Fsp3) is 0.318. The number of likely N-dealkylation sites (tertiary alicyclic amines) is 1. The zero-order chi connectivity index (χ0) is 19.9. The third kappa shape index (κ3) is 4.93. The van der Waals surface area contributed by atoms with Crippen molar-refractivity contribution >= 4 is 17.7 Å². The van der Waals surface area contributed by atoms with Crippen LogP contribution in [0.2, 0.25) is 0 Å². The Hall–Kier alpha value is -3.35. The number of benzene rings is 1. The number of aryl methyl sites for hydroxylation is 1. The highest BCUT2D eigenvalue weighted by molar-refractivity contribution is 5.77. The van der Waals surface area contributed by atoms with Gasteiger partial charge in [0.05, 0.1) is 17.9 Å². The Bertz CT molecular complexity index is 934. The van der Waals surface area contributed by atoms with Gasteiger partial charge in [0.2, 0.25) is 11.9 Å². The quantitative estimate of drug-likeness (QED) is 0.693. The van der Waals surface area contributed by atoms with Gasteiger partial charge in [0.25, 0.3) is 0 Å². The monoisotopic (exact) mass is 388 g/mol. The lowest BCUT2D eigenvalue weighted by Crippen LogP contribution is -2.39. The predicted octanol–water partition coefficient (Wildman–Crippen LogP) is 3.70. The van der Waals surface area contributed by atoms with E-state index in [1.165, 1.54) is 5.56 Å². The van der Waals surface area contributed by atoms with Gasteiger partial charge in [-0.05, 0) is 37.3 Å². The number of hydrogen-bond donors (Lipinski definition) is 1. The van der Waals surface area contributed by atoms with Crippen molar-refractivity contribution in [2.24, 2.45) is 0 Å². The number of rotatable bonds is 6. The van der Waals surface area contributed by atoms with Crippen molar-refractivity contribution in [3.63, 3.8) is 0 Å². The normalized spacial score (nSPS) is 16.4. The van der Waals surface area contributed by atoms with Crippen molar-refractivity contribution < 1.29 is 4.79 Å². The molecule has 1 unspecified atom stereocenters. The molecule has 3 aromatic rings. The van der Waals surface area contributed by atoms with E-state index in [4.69, 9.17) is 0 Å². The zero-order valence-electron chi connectivity index (χ0n) is 16.2. The van der Waals surface area contributed by atoms with Gasteiger partial charge in [-0.1, -0.05) is 30.3 Å². The molecule has 0 aliphatic carbocycles. The fourth-order valence-corrected chi connectivity index (χ4v) is 3.67. The van der Waals surface area contributed by atoms with Crippen molar-refractivity contribution in [3.05, 3.63) is 72.4 Å². The summed E-state index contributed by atoms with van der Waals surface area (Å²) >= 11 is 0. The van der Waals surface area contributed by atoms with Crippen molar-refractivity contribution in [1.29, 1.82) is 0 Å². The maximum Gasteiger partial charge on any atom is 0.228 e. The Balaban J connectivity index is 1.47. The molecular weight excluding hydrogens is 364 g/mol. The summed E-state index contributed by atoms with van der Waals surface area (Å²) in [6, 6.07) is 12.0. The van der Waals surface area contributed by atoms with E-state index in [1.54, 1.807) is 24.8 Å². The maximum atomic E-state index is 13.0. The summed E-state index contributed by atoms with van der Waals surface area (Å²) in [7, 11) is 0. The number of nitrogens with one attached hydrogen (secondary N) is 1. The molecular formula is C22H24N6O. The van der Waals surface area contributed by atoms with Gasteiger partial charge in [0.15, 0.2) is 5.82 Å². The van der Waals surface area contributed by atoms with Crippen LogP contribution in [0.25, 0.3) is 0 Å². The molecule has 0 spiro atoms. The number of carbonyl (C=O) groups is 1. The van der Waals surface area contributed by atoms with Crippen molar-refractivity contribution in [2.75, 3.05) is 11.9 Å². The van der Waals surface area contributed by atoms with Crippen LogP contribution < -0.4 is 5.32 Å². The van der Waals surface area contributed by atoms with Gasteiger partial charge in [-0.3, -0.25) is 9.78 Å². The van der Waals surface area contributed by atoms with Crippen LogP contribution in [0.15, 0.2) is 61.2 Å². The van der Waals surface area contributed by atoms with E-state index >= 15 is 0 Å². The Morgan fingerprint density at radius 2 is 1.97 bits per heavy atom. The molecule has 0 saturated carbocycles. The summed E-state index contributed by atoms with van der Waals surface area (Å²) in [6.45, 7) is 0.773. The van der Waals surface area contributed by atoms with Gasteiger partial charge < -0.3 is 10.2 Å². The van der Waals surface area contributed by atoms with E-state index in [1.807, 2.05) is 29.2 Å². The van der Waals surface area contributed by atoms with Crippen LogP contribution in [0, 0.1) is 0 Å². The van der Waals surface area contributed by atoms with Crippen LogP contribution in [0.4, 0.5) is 11.8 Å². The number of hydrogen-bond acceptors (Lipinski definition) is 6. The van der Waals surface area contributed by atoms with Crippen molar-refractivity contribution in [2.45, 2.75) is 38.1 Å². The van der Waals surface area contributed by atoms with Crippen LogP contribution in [0.1, 0.15) is 43.0 Å². The summed E-state index contributed by atoms with van der Waals surface area (Å²) in [6.07, 6.45) is 10.9. The molecule has 29 heavy (non-hydrogen) atoms. The largest absolute Gasteiger partial charge is 0.334 e. The van der Waals surface area contributed by atoms with Gasteiger partial charge in [-0.25, -0.2) is 15.0 Å². The fourth-order valence-electron chi connectivity index (χ4n) is 3.67. The average Bonchev–Trinajstić information content (AvgIpc) is 2.79. The Morgan fingerprint density at radius 1 is 1.07 bits per heavy atom. The molecule has 1 aliphatic rings. The standard InChI is InChI=1S/C22H24N6O/c29-21(10-9-17-6-2-1-3-7-17)28-15-5-4-8-19(28)18-11-12-25-22(26-18)27-20-16-23-13-14-24-20/h1-3,6-7,11-14,16,19H,4-5,8-10,15H2,(H,24,25,26,27). The minimum atomic E-state index is -0.0163. The van der Waals surface area contributed by atoms with Crippen LogP contribution in [0.3, 0.4) is 0 Å². The number of amides is 1. The molecule has 0 radical (unpaired) electrons. The molecule has 7 nitrogen and oxygen atoms in total. The number of aromatic nitrogens is 4. The minimum absolute atomic E-state index is 0.0163. The molecule has 7 heteroatoms. The van der Waals surface area contributed by atoms with Gasteiger partial charge in [-0.2, -0.15) is 0 Å². The van der Waals surface area contributed by atoms with Gasteiger partial charge in [-0.15, -0.1) is 0 Å². The highest BCUT2D eigenvalue weighted by Gasteiger charge is 2.28. The molecule has 1 aromatic carbocycles. The third-order valence-corrected chi connectivity index (χ3v) is 5.12. The summed E-state index contributed by atoms with van der Waals surface area (Å²) in [4.78, 5) is 32.1. The van der Waals surface area contributed by atoms with Crippen LogP contribution in [-0.4, -0.2) is 37.3 Å². The van der Waals surface area contributed by atoms with Crippen LogP contribution >= 0.6 is 0 Å².